The van der Waals surface area contributed by atoms with Crippen LogP contribution in [-0.4, -0.2) is 13.7 Å². The molecule has 0 aliphatic carbocycles. The van der Waals surface area contributed by atoms with E-state index in [4.69, 9.17) is 0 Å². The van der Waals surface area contributed by atoms with Gasteiger partial charge in [-0.1, -0.05) is 80.5 Å². The van der Waals surface area contributed by atoms with Crippen LogP contribution < -0.4 is 17.1 Å². The molecule has 0 aliphatic heterocycles. The first kappa shape index (κ1) is 31.0. The fourth-order valence-electron chi connectivity index (χ4n) is 5.88. The van der Waals surface area contributed by atoms with Gasteiger partial charge in [-0.15, -0.1) is 0 Å². The molecule has 222 valence electrons. The van der Waals surface area contributed by atoms with Crippen LogP contribution in [-0.2, 0) is 16.2 Å². The van der Waals surface area contributed by atoms with Gasteiger partial charge in [-0.25, -0.2) is 28.1 Å². The first-order chi connectivity index (χ1) is 19.2. The summed E-state index contributed by atoms with van der Waals surface area (Å²) in [5, 5.41) is 0. The summed E-state index contributed by atoms with van der Waals surface area (Å²) in [6.07, 6.45) is 0. The summed E-state index contributed by atoms with van der Waals surface area (Å²) in [4.78, 5) is 42.8. The van der Waals surface area contributed by atoms with E-state index >= 15 is 0 Å². The molecule has 0 bridgehead atoms. The van der Waals surface area contributed by atoms with Gasteiger partial charge in [-0.2, -0.15) is 0 Å². The Bertz CT molecular complexity index is 1620. The standard InChI is InChI=1S/C36H45N3O3/c1-22-13-16-25(19-28(22)34(4,5)6)37-31(40)38(26-17-14-23(2)29(20-26)35(7,8)9)33(42)39(32(37)41)27-18-15-24(3)30(21-27)36(10,11)12/h13-21H,1-12H3. The van der Waals surface area contributed by atoms with Crippen LogP contribution in [0.25, 0.3) is 17.1 Å². The molecular weight excluding hydrogens is 522 g/mol. The van der Waals surface area contributed by atoms with Crippen molar-refractivity contribution in [3.63, 3.8) is 0 Å². The minimum absolute atomic E-state index is 0.214. The summed E-state index contributed by atoms with van der Waals surface area (Å²) in [6, 6.07) is 16.8. The Labute approximate surface area is 249 Å². The molecule has 0 saturated carbocycles. The lowest BCUT2D eigenvalue weighted by Crippen LogP contribution is -2.53. The van der Waals surface area contributed by atoms with Gasteiger partial charge < -0.3 is 0 Å². The number of benzene rings is 3. The van der Waals surface area contributed by atoms with Gasteiger partial charge in [0.2, 0.25) is 0 Å². The first-order valence-electron chi connectivity index (χ1n) is 14.6. The largest absolute Gasteiger partial charge is 0.345 e. The lowest BCUT2D eigenvalue weighted by Gasteiger charge is -2.25. The highest BCUT2D eigenvalue weighted by molar-refractivity contribution is 5.47. The lowest BCUT2D eigenvalue weighted by atomic mass is 9.84. The third kappa shape index (κ3) is 5.59. The zero-order chi connectivity index (χ0) is 31.5. The van der Waals surface area contributed by atoms with Gasteiger partial charge in [0, 0.05) is 0 Å². The second-order valence-electron chi connectivity index (χ2n) is 14.6. The molecule has 1 heterocycles. The monoisotopic (exact) mass is 567 g/mol. The average molecular weight is 568 g/mol. The number of hydrogen-bond donors (Lipinski definition) is 0. The molecular formula is C36H45N3O3. The quantitative estimate of drug-likeness (QED) is 0.269. The van der Waals surface area contributed by atoms with Crippen molar-refractivity contribution < 1.29 is 0 Å². The van der Waals surface area contributed by atoms with Gasteiger partial charge in [-0.3, -0.25) is 0 Å². The van der Waals surface area contributed by atoms with E-state index in [2.05, 4.69) is 62.3 Å². The Kier molecular flexibility index (Phi) is 7.69. The van der Waals surface area contributed by atoms with E-state index in [1.54, 1.807) is 18.2 Å². The van der Waals surface area contributed by atoms with Crippen LogP contribution in [0.1, 0.15) is 95.7 Å². The molecule has 0 N–H and O–H groups in total. The normalized spacial score (nSPS) is 12.6. The summed E-state index contributed by atoms with van der Waals surface area (Å²) in [7, 11) is 0. The van der Waals surface area contributed by atoms with E-state index in [1.807, 2.05) is 57.2 Å². The Balaban J connectivity index is 2.20. The molecule has 0 spiro atoms. The topological polar surface area (TPSA) is 66.0 Å². The van der Waals surface area contributed by atoms with Crippen molar-refractivity contribution in [2.75, 3.05) is 0 Å². The number of nitrogens with zero attached hydrogens (tertiary/aromatic N) is 3. The fourth-order valence-corrected chi connectivity index (χ4v) is 5.88. The van der Waals surface area contributed by atoms with Crippen molar-refractivity contribution in [1.82, 2.24) is 13.7 Å². The third-order valence-corrected chi connectivity index (χ3v) is 8.01. The highest BCUT2D eigenvalue weighted by Crippen LogP contribution is 2.30. The summed E-state index contributed by atoms with van der Waals surface area (Å²) in [6.45, 7) is 25.0. The molecule has 6 heteroatoms. The van der Waals surface area contributed by atoms with E-state index in [1.165, 1.54) is 0 Å². The van der Waals surface area contributed by atoms with Gasteiger partial charge >= 0.3 is 17.1 Å². The van der Waals surface area contributed by atoms with Crippen molar-refractivity contribution >= 4 is 0 Å². The van der Waals surface area contributed by atoms with Gasteiger partial charge in [0.1, 0.15) is 0 Å². The maximum Gasteiger partial charge on any atom is 0.345 e. The smallest absolute Gasteiger partial charge is 0.246 e. The molecule has 0 radical (unpaired) electrons. The van der Waals surface area contributed by atoms with Gasteiger partial charge in [-0.05, 0) is 107 Å². The predicted octanol–water partition coefficient (Wildman–Crippen LogP) is 6.96. The summed E-state index contributed by atoms with van der Waals surface area (Å²) in [5.41, 5.74) is 4.79. The SMILES string of the molecule is Cc1ccc(-n2c(=O)n(-c3ccc(C)c(C(C)(C)C)c3)c(=O)n(-c3ccc(C)c(C(C)(C)C)c3)c2=O)cc1C(C)(C)C. The van der Waals surface area contributed by atoms with Crippen LogP contribution in [0.4, 0.5) is 0 Å². The van der Waals surface area contributed by atoms with E-state index in [0.717, 1.165) is 47.1 Å². The maximum absolute atomic E-state index is 14.3. The van der Waals surface area contributed by atoms with Gasteiger partial charge in [0.15, 0.2) is 0 Å². The Hall–Kier alpha value is -3.93. The Morgan fingerprint density at radius 2 is 0.619 bits per heavy atom. The van der Waals surface area contributed by atoms with Crippen LogP contribution in [0, 0.1) is 20.8 Å². The molecule has 4 rings (SSSR count). The second-order valence-corrected chi connectivity index (χ2v) is 14.6. The Morgan fingerprint density at radius 3 is 0.810 bits per heavy atom. The van der Waals surface area contributed by atoms with Crippen LogP contribution >= 0.6 is 0 Å². The van der Waals surface area contributed by atoms with Crippen molar-refractivity contribution in [2.45, 2.75) is 99.3 Å². The molecule has 0 unspecified atom stereocenters. The molecule has 42 heavy (non-hydrogen) atoms. The number of aromatic nitrogens is 3. The van der Waals surface area contributed by atoms with Crippen molar-refractivity contribution in [1.29, 1.82) is 0 Å². The van der Waals surface area contributed by atoms with E-state index in [9.17, 15) is 14.4 Å². The number of rotatable bonds is 3. The van der Waals surface area contributed by atoms with E-state index < -0.39 is 17.1 Å². The average Bonchev–Trinajstić information content (AvgIpc) is 2.84. The molecule has 0 saturated heterocycles. The minimum atomic E-state index is -0.697. The fraction of sp³-hybridized carbons (Fsp3) is 0.417. The van der Waals surface area contributed by atoms with Crippen LogP contribution in [0.3, 0.4) is 0 Å². The molecule has 0 atom stereocenters. The molecule has 3 aromatic carbocycles. The van der Waals surface area contributed by atoms with E-state index in [-0.39, 0.29) is 16.2 Å². The summed E-state index contributed by atoms with van der Waals surface area (Å²) < 4.78 is 3.38. The predicted molar refractivity (Wildman–Crippen MR) is 174 cm³/mol. The Morgan fingerprint density at radius 1 is 0.405 bits per heavy atom. The molecule has 0 aliphatic rings. The van der Waals surface area contributed by atoms with Crippen LogP contribution in [0.15, 0.2) is 69.0 Å². The van der Waals surface area contributed by atoms with Gasteiger partial charge in [0.05, 0.1) is 17.1 Å². The highest BCUT2D eigenvalue weighted by Gasteiger charge is 2.25. The first-order valence-corrected chi connectivity index (χ1v) is 14.6. The lowest BCUT2D eigenvalue weighted by molar-refractivity contribution is 0.581. The highest BCUT2D eigenvalue weighted by atomic mass is 16.2. The molecule has 1 aromatic heterocycles. The molecule has 4 aromatic rings. The number of hydrogen-bond acceptors (Lipinski definition) is 3. The van der Waals surface area contributed by atoms with Crippen LogP contribution in [0.5, 0.6) is 0 Å². The summed E-state index contributed by atoms with van der Waals surface area (Å²) in [5.74, 6) is 0. The number of aryl methyl sites for hydroxylation is 3. The maximum atomic E-state index is 14.3. The zero-order valence-corrected chi connectivity index (χ0v) is 27.3. The van der Waals surface area contributed by atoms with Crippen LogP contribution in [0.2, 0.25) is 0 Å². The molecule has 0 fully saturated rings. The molecule has 0 amide bonds. The second kappa shape index (κ2) is 10.4. The minimum Gasteiger partial charge on any atom is -0.246 e. The molecule has 6 nitrogen and oxygen atoms in total. The van der Waals surface area contributed by atoms with Crippen molar-refractivity contribution in [2.24, 2.45) is 0 Å². The zero-order valence-electron chi connectivity index (χ0n) is 27.3. The van der Waals surface area contributed by atoms with Gasteiger partial charge in [0.25, 0.3) is 0 Å². The third-order valence-electron chi connectivity index (χ3n) is 8.01. The van der Waals surface area contributed by atoms with E-state index in [0.29, 0.717) is 17.1 Å². The van der Waals surface area contributed by atoms with Crippen molar-refractivity contribution in [3.8, 4) is 17.1 Å². The van der Waals surface area contributed by atoms with Crippen molar-refractivity contribution in [3.05, 3.63) is 119 Å². The summed E-state index contributed by atoms with van der Waals surface area (Å²) >= 11 is 0.